The van der Waals surface area contributed by atoms with Gasteiger partial charge in [-0.25, -0.2) is 14.8 Å². The van der Waals surface area contributed by atoms with E-state index in [1.807, 2.05) is 36.4 Å². The summed E-state index contributed by atoms with van der Waals surface area (Å²) in [5, 5.41) is 16.7. The summed E-state index contributed by atoms with van der Waals surface area (Å²) in [4.78, 5) is 70.9. The molecule has 1 heterocycles. The lowest BCUT2D eigenvalue weighted by Crippen LogP contribution is -2.56. The Morgan fingerprint density at radius 2 is 1.51 bits per heavy atom. The van der Waals surface area contributed by atoms with Crippen molar-refractivity contribution in [2.45, 2.75) is 58.0 Å². The fourth-order valence-electron chi connectivity index (χ4n) is 3.91. The maximum absolute atomic E-state index is 13.0. The summed E-state index contributed by atoms with van der Waals surface area (Å²) in [6, 6.07) is 14.0. The summed E-state index contributed by atoms with van der Waals surface area (Å²) in [5.41, 5.74) is 1.57. The second kappa shape index (κ2) is 14.5. The molecule has 1 aliphatic rings. The summed E-state index contributed by atoms with van der Waals surface area (Å²) in [5.74, 6) is -4.10. The fourth-order valence-corrected chi connectivity index (χ4v) is 3.91. The molecule has 0 bridgehead atoms. The van der Waals surface area contributed by atoms with Crippen molar-refractivity contribution in [3.63, 3.8) is 0 Å². The maximum Gasteiger partial charge on any atom is 0.408 e. The van der Waals surface area contributed by atoms with Gasteiger partial charge < -0.3 is 25.8 Å². The number of carboxylic acids is 1. The largest absolute Gasteiger partial charge is 0.481 e. The minimum Gasteiger partial charge on any atom is -0.481 e. The van der Waals surface area contributed by atoms with E-state index in [-0.39, 0.29) is 18.4 Å². The van der Waals surface area contributed by atoms with E-state index >= 15 is 0 Å². The van der Waals surface area contributed by atoms with Gasteiger partial charge in [0.25, 0.3) is 0 Å². The Morgan fingerprint density at radius 3 is 2.12 bits per heavy atom. The summed E-state index contributed by atoms with van der Waals surface area (Å²) < 4.78 is 5.19. The number of hydrogen-bond acceptors (Lipinski definition) is 8. The van der Waals surface area contributed by atoms with Crippen LogP contribution in [0.3, 0.4) is 0 Å². The van der Waals surface area contributed by atoms with E-state index in [4.69, 9.17) is 4.74 Å². The van der Waals surface area contributed by atoms with Gasteiger partial charge in [-0.3, -0.25) is 19.2 Å². The number of aliphatic carboxylic acids is 1. The van der Waals surface area contributed by atoms with Crippen molar-refractivity contribution >= 4 is 41.7 Å². The zero-order valence-electron chi connectivity index (χ0n) is 22.9. The first-order chi connectivity index (χ1) is 19.5. The second-order valence-corrected chi connectivity index (χ2v) is 9.77. The van der Waals surface area contributed by atoms with Gasteiger partial charge in [-0.05, 0) is 24.0 Å². The molecule has 0 saturated carbocycles. The van der Waals surface area contributed by atoms with E-state index in [0.717, 1.165) is 11.1 Å². The zero-order chi connectivity index (χ0) is 29.9. The van der Waals surface area contributed by atoms with Crippen molar-refractivity contribution in [1.29, 1.82) is 0 Å². The van der Waals surface area contributed by atoms with E-state index < -0.39 is 60.2 Å². The lowest BCUT2D eigenvalue weighted by molar-refractivity contribution is -0.139. The molecule has 0 aliphatic carbocycles. The molecule has 0 saturated heterocycles. The van der Waals surface area contributed by atoms with Gasteiger partial charge in [0.15, 0.2) is 5.84 Å². The first-order valence-corrected chi connectivity index (χ1v) is 13.1. The Labute approximate surface area is 237 Å². The van der Waals surface area contributed by atoms with Crippen LogP contribution in [0.25, 0.3) is 0 Å². The summed E-state index contributed by atoms with van der Waals surface area (Å²) >= 11 is 0. The average Bonchev–Trinajstić information content (AvgIpc) is 3.45. The van der Waals surface area contributed by atoms with Crippen molar-refractivity contribution in [3.05, 3.63) is 71.8 Å². The van der Waals surface area contributed by atoms with Crippen LogP contribution in [0.2, 0.25) is 0 Å². The third-order valence-electron chi connectivity index (χ3n) is 6.16. The Morgan fingerprint density at radius 1 is 0.878 bits per heavy atom. The number of nitrogens with one attached hydrogen (secondary N) is 3. The Kier molecular flexibility index (Phi) is 10.8. The smallest absolute Gasteiger partial charge is 0.408 e. The molecule has 4 unspecified atom stereocenters. The van der Waals surface area contributed by atoms with E-state index in [0.29, 0.717) is 0 Å². The highest BCUT2D eigenvalue weighted by Crippen LogP contribution is 2.20. The molecular formula is C29H33N5O7. The molecule has 0 spiro atoms. The molecule has 12 nitrogen and oxygen atoms in total. The molecule has 12 heteroatoms. The van der Waals surface area contributed by atoms with Crippen molar-refractivity contribution in [2.24, 2.45) is 15.9 Å². The monoisotopic (exact) mass is 563 g/mol. The third kappa shape index (κ3) is 9.09. The lowest BCUT2D eigenvalue weighted by atomic mass is 10.0. The van der Waals surface area contributed by atoms with Crippen LogP contribution in [0, 0.1) is 5.92 Å². The highest BCUT2D eigenvalue weighted by molar-refractivity contribution is 6.43. The summed E-state index contributed by atoms with van der Waals surface area (Å²) in [6.07, 6.45) is -0.0487. The minimum absolute atomic E-state index is 0.0122. The third-order valence-corrected chi connectivity index (χ3v) is 6.16. The predicted molar refractivity (Wildman–Crippen MR) is 150 cm³/mol. The molecule has 41 heavy (non-hydrogen) atoms. The number of hydrogen-bond donors (Lipinski definition) is 4. The number of carboxylic acid groups (broad SMARTS) is 1. The van der Waals surface area contributed by atoms with Crippen LogP contribution in [0.15, 0.2) is 70.6 Å². The van der Waals surface area contributed by atoms with E-state index in [9.17, 15) is 29.1 Å². The van der Waals surface area contributed by atoms with Crippen molar-refractivity contribution in [1.82, 2.24) is 16.0 Å². The molecule has 4 N–H and O–H groups in total. The molecular weight excluding hydrogens is 530 g/mol. The number of aliphatic imine (C=N–C) groups is 2. The van der Waals surface area contributed by atoms with Gasteiger partial charge in [-0.2, -0.15) is 0 Å². The number of ketones is 1. The number of rotatable bonds is 13. The standard InChI is InChI=1S/C29H33N5O7/c1-17(2)24(34-29(40)41-16-19-10-6-4-7-11-19)28(39)31-18(3)27(38)33-21(14-23(35)36)25(37)26-30-15-22(32-26)20-12-8-5-9-13-20/h4-13,15,17-18,21-22,24H,14,16H2,1-3H3,(H,31,39)(H,33,38)(H,34,40)(H,35,36). The van der Waals surface area contributed by atoms with Crippen molar-refractivity contribution < 1.29 is 33.8 Å². The maximum atomic E-state index is 13.0. The van der Waals surface area contributed by atoms with Gasteiger partial charge in [0, 0.05) is 6.21 Å². The van der Waals surface area contributed by atoms with Crippen LogP contribution >= 0.6 is 0 Å². The van der Waals surface area contributed by atoms with Gasteiger partial charge in [-0.15, -0.1) is 0 Å². The molecule has 3 rings (SSSR count). The van der Waals surface area contributed by atoms with Crippen LogP contribution in [-0.2, 0) is 30.5 Å². The minimum atomic E-state index is -1.46. The number of Topliss-reactive ketones (excluding diaryl/α,β-unsaturated/α-hetero) is 1. The molecule has 0 aromatic heterocycles. The Bertz CT molecular complexity index is 1310. The number of benzene rings is 2. The predicted octanol–water partition coefficient (Wildman–Crippen LogP) is 2.19. The topological polar surface area (TPSA) is 176 Å². The number of carbonyl (C=O) groups excluding carboxylic acids is 4. The molecule has 2 aromatic carbocycles. The first-order valence-electron chi connectivity index (χ1n) is 13.1. The SMILES string of the molecule is CC(NC(=O)C(NC(=O)OCc1ccccc1)C(C)C)C(=O)NC(CC(=O)O)C(=O)C1=NC(c2ccccc2)C=N1. The van der Waals surface area contributed by atoms with Crippen LogP contribution < -0.4 is 16.0 Å². The summed E-state index contributed by atoms with van der Waals surface area (Å²) in [6.45, 7) is 4.80. The number of alkyl carbamates (subject to hydrolysis) is 1. The number of ether oxygens (including phenoxy) is 1. The molecule has 0 radical (unpaired) electrons. The Hall–Kier alpha value is -4.87. The van der Waals surface area contributed by atoms with Crippen molar-refractivity contribution in [2.75, 3.05) is 0 Å². The Balaban J connectivity index is 1.59. The number of amides is 3. The normalized spacial score (nSPS) is 16.2. The van der Waals surface area contributed by atoms with Crippen LogP contribution in [-0.4, -0.2) is 64.9 Å². The van der Waals surface area contributed by atoms with E-state index in [2.05, 4.69) is 25.9 Å². The van der Waals surface area contributed by atoms with Crippen molar-refractivity contribution in [3.8, 4) is 0 Å². The molecule has 216 valence electrons. The van der Waals surface area contributed by atoms with Gasteiger partial charge in [-0.1, -0.05) is 74.5 Å². The zero-order valence-corrected chi connectivity index (χ0v) is 22.9. The average molecular weight is 564 g/mol. The van der Waals surface area contributed by atoms with Gasteiger partial charge in [0.2, 0.25) is 17.6 Å². The quantitative estimate of drug-likeness (QED) is 0.289. The molecule has 3 amide bonds. The van der Waals surface area contributed by atoms with Gasteiger partial charge >= 0.3 is 12.1 Å². The second-order valence-electron chi connectivity index (χ2n) is 9.77. The molecule has 1 aliphatic heterocycles. The van der Waals surface area contributed by atoms with Gasteiger partial charge in [0.1, 0.15) is 30.8 Å². The fraction of sp³-hybridized carbons (Fsp3) is 0.345. The highest BCUT2D eigenvalue weighted by Gasteiger charge is 2.33. The van der Waals surface area contributed by atoms with Crippen LogP contribution in [0.4, 0.5) is 4.79 Å². The van der Waals surface area contributed by atoms with Gasteiger partial charge in [0.05, 0.1) is 6.42 Å². The number of carbonyl (C=O) groups is 5. The first kappa shape index (κ1) is 30.7. The number of amidine groups is 1. The van der Waals surface area contributed by atoms with Crippen LogP contribution in [0.1, 0.15) is 44.4 Å². The molecule has 4 atom stereocenters. The number of nitrogens with zero attached hydrogens (tertiary/aromatic N) is 2. The molecule has 2 aromatic rings. The lowest BCUT2D eigenvalue weighted by Gasteiger charge is -2.24. The van der Waals surface area contributed by atoms with Crippen LogP contribution in [0.5, 0.6) is 0 Å². The highest BCUT2D eigenvalue weighted by atomic mass is 16.5. The summed E-state index contributed by atoms with van der Waals surface area (Å²) in [7, 11) is 0. The van der Waals surface area contributed by atoms with E-state index in [1.165, 1.54) is 13.1 Å². The molecule has 0 fully saturated rings. The van der Waals surface area contributed by atoms with E-state index in [1.54, 1.807) is 38.1 Å².